The summed E-state index contributed by atoms with van der Waals surface area (Å²) in [5.74, 6) is 1.84. The van der Waals surface area contributed by atoms with Crippen molar-refractivity contribution in [2.24, 2.45) is 11.3 Å². The van der Waals surface area contributed by atoms with Crippen molar-refractivity contribution < 1.29 is 0 Å². The molecule has 2 aromatic carbocycles. The summed E-state index contributed by atoms with van der Waals surface area (Å²) in [5, 5.41) is 3.72. The Morgan fingerprint density at radius 3 is 2.37 bits per heavy atom. The van der Waals surface area contributed by atoms with E-state index in [0.717, 1.165) is 11.1 Å². The number of hydrogen-bond acceptors (Lipinski definition) is 1. The van der Waals surface area contributed by atoms with Crippen molar-refractivity contribution >= 4 is 38.5 Å². The van der Waals surface area contributed by atoms with Gasteiger partial charge in [0.2, 0.25) is 0 Å². The SMILES string of the molecule is CC(C)(C)C(CBr)CSc1ccc2ccccc2c1. The van der Waals surface area contributed by atoms with Gasteiger partial charge in [-0.2, -0.15) is 0 Å². The molecule has 1 atom stereocenters. The highest BCUT2D eigenvalue weighted by Gasteiger charge is 2.23. The van der Waals surface area contributed by atoms with Crippen LogP contribution in [0.1, 0.15) is 20.8 Å². The van der Waals surface area contributed by atoms with Crippen LogP contribution in [-0.2, 0) is 0 Å². The first-order chi connectivity index (χ1) is 9.00. The Balaban J connectivity index is 2.09. The molecule has 0 amide bonds. The van der Waals surface area contributed by atoms with Crippen molar-refractivity contribution in [1.29, 1.82) is 0 Å². The van der Waals surface area contributed by atoms with Crippen LogP contribution in [0.2, 0.25) is 0 Å². The summed E-state index contributed by atoms with van der Waals surface area (Å²) in [4.78, 5) is 1.37. The van der Waals surface area contributed by atoms with Crippen LogP contribution in [-0.4, -0.2) is 11.1 Å². The van der Waals surface area contributed by atoms with Gasteiger partial charge in [-0.05, 0) is 34.2 Å². The Kier molecular flexibility index (Phi) is 4.97. The fraction of sp³-hybridized carbons (Fsp3) is 0.412. The Bertz CT molecular complexity index is 542. The van der Waals surface area contributed by atoms with Gasteiger partial charge in [-0.1, -0.05) is 67.0 Å². The maximum Gasteiger partial charge on any atom is 0.00784 e. The standard InChI is InChI=1S/C17H21BrS/c1-17(2,3)15(11-18)12-19-16-9-8-13-6-4-5-7-14(13)10-16/h4-10,15H,11-12H2,1-3H3. The molecule has 0 spiro atoms. The van der Waals surface area contributed by atoms with Gasteiger partial charge < -0.3 is 0 Å². The van der Waals surface area contributed by atoms with Crippen LogP contribution >= 0.6 is 27.7 Å². The predicted molar refractivity (Wildman–Crippen MR) is 91.4 cm³/mol. The molecule has 0 bridgehead atoms. The van der Waals surface area contributed by atoms with Crippen molar-refractivity contribution in [2.75, 3.05) is 11.1 Å². The van der Waals surface area contributed by atoms with Gasteiger partial charge in [0.15, 0.2) is 0 Å². The second-order valence-electron chi connectivity index (χ2n) is 6.04. The molecule has 0 fully saturated rings. The van der Waals surface area contributed by atoms with Crippen LogP contribution in [0, 0.1) is 11.3 Å². The van der Waals surface area contributed by atoms with Gasteiger partial charge in [0.25, 0.3) is 0 Å². The minimum absolute atomic E-state index is 0.355. The first-order valence-electron chi connectivity index (χ1n) is 6.68. The van der Waals surface area contributed by atoms with E-state index in [2.05, 4.69) is 79.2 Å². The summed E-state index contributed by atoms with van der Waals surface area (Å²) < 4.78 is 0. The van der Waals surface area contributed by atoms with E-state index in [1.165, 1.54) is 15.7 Å². The number of benzene rings is 2. The minimum atomic E-state index is 0.355. The fourth-order valence-corrected chi connectivity index (χ4v) is 4.87. The lowest BCUT2D eigenvalue weighted by Gasteiger charge is -2.28. The van der Waals surface area contributed by atoms with Gasteiger partial charge in [0, 0.05) is 16.0 Å². The summed E-state index contributed by atoms with van der Waals surface area (Å²) in [6.07, 6.45) is 0. The highest BCUT2D eigenvalue weighted by Crippen LogP contribution is 2.33. The molecule has 0 saturated carbocycles. The molecule has 0 aliphatic rings. The van der Waals surface area contributed by atoms with Crippen molar-refractivity contribution in [3.8, 4) is 0 Å². The summed E-state index contributed by atoms with van der Waals surface area (Å²) in [6.45, 7) is 6.96. The number of rotatable bonds is 4. The van der Waals surface area contributed by atoms with Crippen molar-refractivity contribution in [2.45, 2.75) is 25.7 Å². The maximum atomic E-state index is 3.65. The molecule has 0 saturated heterocycles. The number of hydrogen-bond donors (Lipinski definition) is 0. The van der Waals surface area contributed by atoms with E-state index in [1.807, 2.05) is 11.8 Å². The average molecular weight is 337 g/mol. The van der Waals surface area contributed by atoms with Crippen LogP contribution in [0.15, 0.2) is 47.4 Å². The first-order valence-corrected chi connectivity index (χ1v) is 8.79. The molecule has 2 rings (SSSR count). The van der Waals surface area contributed by atoms with Gasteiger partial charge >= 0.3 is 0 Å². The first kappa shape index (κ1) is 14.9. The van der Waals surface area contributed by atoms with Gasteiger partial charge in [0.1, 0.15) is 0 Å². The zero-order valence-corrected chi connectivity index (χ0v) is 14.2. The molecular formula is C17H21BrS. The topological polar surface area (TPSA) is 0 Å². The Labute approximate surface area is 129 Å². The van der Waals surface area contributed by atoms with Crippen LogP contribution in [0.3, 0.4) is 0 Å². The van der Waals surface area contributed by atoms with Crippen molar-refractivity contribution in [3.63, 3.8) is 0 Å². The van der Waals surface area contributed by atoms with E-state index in [1.54, 1.807) is 0 Å². The average Bonchev–Trinajstić information content (AvgIpc) is 2.37. The molecule has 0 aliphatic heterocycles. The molecule has 0 aromatic heterocycles. The Hall–Kier alpha value is -0.470. The molecule has 0 heterocycles. The smallest absolute Gasteiger partial charge is 0.00784 e. The molecule has 0 N–H and O–H groups in total. The second-order valence-corrected chi connectivity index (χ2v) is 7.78. The van der Waals surface area contributed by atoms with Crippen LogP contribution in [0.4, 0.5) is 0 Å². The summed E-state index contributed by atoms with van der Waals surface area (Å²) in [6, 6.07) is 15.3. The number of thioether (sulfide) groups is 1. The number of fused-ring (bicyclic) bond motifs is 1. The van der Waals surface area contributed by atoms with Gasteiger partial charge in [0.05, 0.1) is 0 Å². The van der Waals surface area contributed by atoms with Crippen LogP contribution in [0.25, 0.3) is 10.8 Å². The van der Waals surface area contributed by atoms with E-state index in [0.29, 0.717) is 11.3 Å². The van der Waals surface area contributed by atoms with E-state index in [9.17, 15) is 0 Å². The van der Waals surface area contributed by atoms with Gasteiger partial charge in [-0.25, -0.2) is 0 Å². The van der Waals surface area contributed by atoms with Crippen molar-refractivity contribution in [3.05, 3.63) is 42.5 Å². The molecule has 2 aromatic rings. The van der Waals surface area contributed by atoms with Crippen LogP contribution in [0.5, 0.6) is 0 Å². The summed E-state index contributed by atoms with van der Waals surface area (Å²) in [5.41, 5.74) is 0.355. The quantitative estimate of drug-likeness (QED) is 0.488. The monoisotopic (exact) mass is 336 g/mol. The molecular weight excluding hydrogens is 316 g/mol. The largest absolute Gasteiger partial charge is 0.126 e. The number of alkyl halides is 1. The molecule has 0 aliphatic carbocycles. The Morgan fingerprint density at radius 2 is 1.74 bits per heavy atom. The lowest BCUT2D eigenvalue weighted by molar-refractivity contribution is 0.295. The van der Waals surface area contributed by atoms with E-state index in [-0.39, 0.29) is 0 Å². The summed E-state index contributed by atoms with van der Waals surface area (Å²) >= 11 is 5.62. The third-order valence-electron chi connectivity index (χ3n) is 3.58. The highest BCUT2D eigenvalue weighted by atomic mass is 79.9. The number of halogens is 1. The van der Waals surface area contributed by atoms with Gasteiger partial charge in [-0.3, -0.25) is 0 Å². The van der Waals surface area contributed by atoms with E-state index >= 15 is 0 Å². The third kappa shape index (κ3) is 4.00. The molecule has 102 valence electrons. The van der Waals surface area contributed by atoms with Gasteiger partial charge in [-0.15, -0.1) is 11.8 Å². The molecule has 19 heavy (non-hydrogen) atoms. The van der Waals surface area contributed by atoms with E-state index in [4.69, 9.17) is 0 Å². The highest BCUT2D eigenvalue weighted by molar-refractivity contribution is 9.09. The fourth-order valence-electron chi connectivity index (χ4n) is 1.98. The lowest BCUT2D eigenvalue weighted by atomic mass is 9.83. The third-order valence-corrected chi connectivity index (χ3v) is 5.52. The second kappa shape index (κ2) is 6.32. The zero-order chi connectivity index (χ0) is 13.9. The normalized spacial score (nSPS) is 13.7. The Morgan fingerprint density at radius 1 is 1.05 bits per heavy atom. The minimum Gasteiger partial charge on any atom is -0.126 e. The van der Waals surface area contributed by atoms with Crippen molar-refractivity contribution in [1.82, 2.24) is 0 Å². The molecule has 2 heteroatoms. The van der Waals surface area contributed by atoms with E-state index < -0.39 is 0 Å². The van der Waals surface area contributed by atoms with Crippen LogP contribution < -0.4 is 0 Å². The summed E-state index contributed by atoms with van der Waals surface area (Å²) in [7, 11) is 0. The molecule has 0 radical (unpaired) electrons. The zero-order valence-electron chi connectivity index (χ0n) is 11.8. The lowest BCUT2D eigenvalue weighted by Crippen LogP contribution is -2.23. The maximum absolute atomic E-state index is 3.65. The molecule has 0 nitrogen and oxygen atoms in total. The predicted octanol–water partition coefficient (Wildman–Crippen LogP) is 5.99. The molecule has 1 unspecified atom stereocenters.